The molecule has 0 radical (unpaired) electrons. The summed E-state index contributed by atoms with van der Waals surface area (Å²) in [6.07, 6.45) is 6.64. The zero-order valence-corrected chi connectivity index (χ0v) is 16.7. The number of nitrogens with zero attached hydrogens (tertiary/aromatic N) is 3. The van der Waals surface area contributed by atoms with Crippen LogP contribution in [0.2, 0.25) is 0 Å². The van der Waals surface area contributed by atoms with Crippen molar-refractivity contribution in [1.82, 2.24) is 15.5 Å². The highest BCUT2D eigenvalue weighted by Gasteiger charge is 2.30. The second-order valence-corrected chi connectivity index (χ2v) is 7.55. The van der Waals surface area contributed by atoms with Crippen molar-refractivity contribution < 1.29 is 4.92 Å². The molecule has 1 aliphatic heterocycles. The highest BCUT2D eigenvalue weighted by molar-refractivity contribution is 5.80. The second kappa shape index (κ2) is 10.3. The van der Waals surface area contributed by atoms with Crippen molar-refractivity contribution in [1.29, 1.82) is 0 Å². The molecule has 1 aliphatic carbocycles. The molecular weight excluding hydrogens is 356 g/mol. The van der Waals surface area contributed by atoms with Gasteiger partial charge in [0.25, 0.3) is 5.69 Å². The SMILES string of the molecule is CCNC(=NCCNc1ccc([N+](=O)[O-])cc1)NC1CCN(C2CCCC2)C1. The van der Waals surface area contributed by atoms with Gasteiger partial charge in [0, 0.05) is 56.1 Å². The van der Waals surface area contributed by atoms with Gasteiger partial charge in [-0.05, 0) is 38.3 Å². The van der Waals surface area contributed by atoms with Crippen LogP contribution < -0.4 is 16.0 Å². The Balaban J connectivity index is 1.43. The van der Waals surface area contributed by atoms with Crippen molar-refractivity contribution >= 4 is 17.3 Å². The summed E-state index contributed by atoms with van der Waals surface area (Å²) in [5.74, 6) is 0.867. The molecule has 2 aliphatic rings. The van der Waals surface area contributed by atoms with E-state index in [1.54, 1.807) is 12.1 Å². The van der Waals surface area contributed by atoms with Crippen LogP contribution in [0.15, 0.2) is 29.3 Å². The second-order valence-electron chi connectivity index (χ2n) is 7.55. The molecule has 154 valence electrons. The number of benzene rings is 1. The van der Waals surface area contributed by atoms with E-state index in [0.29, 0.717) is 19.1 Å². The topological polar surface area (TPSA) is 94.8 Å². The first-order valence-electron chi connectivity index (χ1n) is 10.4. The fraction of sp³-hybridized carbons (Fsp3) is 0.650. The number of hydrogen-bond donors (Lipinski definition) is 3. The summed E-state index contributed by atoms with van der Waals surface area (Å²) in [5, 5.41) is 20.9. The van der Waals surface area contributed by atoms with Crippen LogP contribution in [0.1, 0.15) is 39.0 Å². The van der Waals surface area contributed by atoms with Crippen LogP contribution in [0.3, 0.4) is 0 Å². The average Bonchev–Trinajstić information content (AvgIpc) is 3.37. The van der Waals surface area contributed by atoms with Crippen LogP contribution in [0.5, 0.6) is 0 Å². The lowest BCUT2D eigenvalue weighted by Gasteiger charge is -2.24. The summed E-state index contributed by atoms with van der Waals surface area (Å²) in [6, 6.07) is 7.71. The third-order valence-electron chi connectivity index (χ3n) is 5.53. The van der Waals surface area contributed by atoms with Gasteiger partial charge in [-0.15, -0.1) is 0 Å². The minimum atomic E-state index is -0.390. The maximum absolute atomic E-state index is 10.7. The molecule has 0 bridgehead atoms. The largest absolute Gasteiger partial charge is 0.383 e. The maximum Gasteiger partial charge on any atom is 0.269 e. The number of aliphatic imine (C=N–C) groups is 1. The van der Waals surface area contributed by atoms with Gasteiger partial charge >= 0.3 is 0 Å². The molecule has 1 unspecified atom stereocenters. The molecule has 1 atom stereocenters. The van der Waals surface area contributed by atoms with Crippen LogP contribution in [0.25, 0.3) is 0 Å². The molecule has 3 N–H and O–H groups in total. The molecule has 3 rings (SSSR count). The molecule has 28 heavy (non-hydrogen) atoms. The molecule has 0 amide bonds. The minimum Gasteiger partial charge on any atom is -0.383 e. The number of nitrogens with one attached hydrogen (secondary N) is 3. The normalized spacial score (nSPS) is 21.0. The Hall–Kier alpha value is -2.35. The lowest BCUT2D eigenvalue weighted by atomic mass is 10.2. The summed E-state index contributed by atoms with van der Waals surface area (Å²) in [4.78, 5) is 17.6. The number of anilines is 1. The summed E-state index contributed by atoms with van der Waals surface area (Å²) < 4.78 is 0. The highest BCUT2D eigenvalue weighted by atomic mass is 16.6. The lowest BCUT2D eigenvalue weighted by Crippen LogP contribution is -2.45. The van der Waals surface area contributed by atoms with Crippen molar-refractivity contribution in [3.63, 3.8) is 0 Å². The molecule has 0 spiro atoms. The van der Waals surface area contributed by atoms with Gasteiger partial charge in [-0.25, -0.2) is 0 Å². The van der Waals surface area contributed by atoms with Crippen LogP contribution in [0, 0.1) is 10.1 Å². The molecule has 1 heterocycles. The molecule has 1 saturated heterocycles. The van der Waals surface area contributed by atoms with Crippen molar-refractivity contribution in [2.75, 3.05) is 38.0 Å². The zero-order chi connectivity index (χ0) is 19.8. The molecule has 2 fully saturated rings. The number of non-ortho nitro benzene ring substituents is 1. The van der Waals surface area contributed by atoms with E-state index in [1.165, 1.54) is 50.8 Å². The maximum atomic E-state index is 10.7. The number of rotatable bonds is 8. The zero-order valence-electron chi connectivity index (χ0n) is 16.7. The molecule has 1 saturated carbocycles. The van der Waals surface area contributed by atoms with Crippen molar-refractivity contribution in [3.05, 3.63) is 34.4 Å². The smallest absolute Gasteiger partial charge is 0.269 e. The first kappa shape index (κ1) is 20.4. The van der Waals surface area contributed by atoms with E-state index in [9.17, 15) is 10.1 Å². The van der Waals surface area contributed by atoms with Crippen molar-refractivity contribution in [3.8, 4) is 0 Å². The molecular formula is C20H32N6O2. The molecule has 1 aromatic carbocycles. The van der Waals surface area contributed by atoms with Gasteiger partial charge in [-0.1, -0.05) is 12.8 Å². The van der Waals surface area contributed by atoms with Gasteiger partial charge in [0.2, 0.25) is 0 Å². The van der Waals surface area contributed by atoms with E-state index in [1.807, 2.05) is 0 Å². The Bertz CT molecular complexity index is 657. The van der Waals surface area contributed by atoms with Crippen LogP contribution in [0.4, 0.5) is 11.4 Å². The Labute approximate surface area is 166 Å². The lowest BCUT2D eigenvalue weighted by molar-refractivity contribution is -0.384. The fourth-order valence-electron chi connectivity index (χ4n) is 4.09. The van der Waals surface area contributed by atoms with E-state index in [0.717, 1.165) is 30.8 Å². The summed E-state index contributed by atoms with van der Waals surface area (Å²) in [7, 11) is 0. The predicted octanol–water partition coefficient (Wildman–Crippen LogP) is 2.58. The number of hydrogen-bond acceptors (Lipinski definition) is 5. The molecule has 1 aromatic rings. The number of nitro benzene ring substituents is 1. The number of nitro groups is 1. The van der Waals surface area contributed by atoms with Gasteiger partial charge in [0.1, 0.15) is 0 Å². The molecule has 8 heteroatoms. The van der Waals surface area contributed by atoms with Crippen LogP contribution in [-0.4, -0.2) is 60.6 Å². The summed E-state index contributed by atoms with van der Waals surface area (Å²) >= 11 is 0. The first-order chi connectivity index (χ1) is 13.7. The Kier molecular flexibility index (Phi) is 7.47. The van der Waals surface area contributed by atoms with Crippen LogP contribution >= 0.6 is 0 Å². The van der Waals surface area contributed by atoms with Gasteiger partial charge in [-0.3, -0.25) is 20.0 Å². The summed E-state index contributed by atoms with van der Waals surface area (Å²) in [6.45, 7) is 6.50. The molecule has 0 aromatic heterocycles. The van der Waals surface area contributed by atoms with E-state index in [4.69, 9.17) is 0 Å². The minimum absolute atomic E-state index is 0.102. The summed E-state index contributed by atoms with van der Waals surface area (Å²) in [5.41, 5.74) is 0.965. The first-order valence-corrected chi connectivity index (χ1v) is 10.4. The van der Waals surface area contributed by atoms with E-state index >= 15 is 0 Å². The quantitative estimate of drug-likeness (QED) is 0.208. The van der Waals surface area contributed by atoms with Gasteiger partial charge in [0.05, 0.1) is 11.5 Å². The standard InChI is InChI=1S/C20H32N6O2/c1-2-21-20(24-17-11-14-25(15-17)18-5-3-4-6-18)23-13-12-22-16-7-9-19(10-8-16)26(27)28/h7-10,17-18,22H,2-6,11-15H2,1H3,(H2,21,23,24). The third-order valence-corrected chi connectivity index (χ3v) is 5.53. The van der Waals surface area contributed by atoms with Gasteiger partial charge < -0.3 is 16.0 Å². The Morgan fingerprint density at radius 1 is 1.25 bits per heavy atom. The van der Waals surface area contributed by atoms with E-state index in [2.05, 4.69) is 32.8 Å². The van der Waals surface area contributed by atoms with Crippen molar-refractivity contribution in [2.45, 2.75) is 51.1 Å². The van der Waals surface area contributed by atoms with E-state index in [-0.39, 0.29) is 10.6 Å². The van der Waals surface area contributed by atoms with Crippen molar-refractivity contribution in [2.24, 2.45) is 4.99 Å². The predicted molar refractivity (Wildman–Crippen MR) is 113 cm³/mol. The average molecular weight is 389 g/mol. The monoisotopic (exact) mass is 388 g/mol. The van der Waals surface area contributed by atoms with Gasteiger partial charge in [-0.2, -0.15) is 0 Å². The van der Waals surface area contributed by atoms with Crippen LogP contribution in [-0.2, 0) is 0 Å². The highest BCUT2D eigenvalue weighted by Crippen LogP contribution is 2.26. The van der Waals surface area contributed by atoms with Gasteiger partial charge in [0.15, 0.2) is 5.96 Å². The Morgan fingerprint density at radius 2 is 2.00 bits per heavy atom. The third kappa shape index (κ3) is 5.82. The van der Waals surface area contributed by atoms with E-state index < -0.39 is 0 Å². The Morgan fingerprint density at radius 3 is 2.68 bits per heavy atom. The number of guanidine groups is 1. The number of likely N-dealkylation sites (tertiary alicyclic amines) is 1. The fourth-order valence-corrected chi connectivity index (χ4v) is 4.09. The molecule has 8 nitrogen and oxygen atoms in total.